The normalized spacial score (nSPS) is 16.4. The van der Waals surface area contributed by atoms with Gasteiger partial charge in [0.2, 0.25) is 5.91 Å². The van der Waals surface area contributed by atoms with Crippen LogP contribution < -0.4 is 5.32 Å². The number of nitrogens with zero attached hydrogens (tertiary/aromatic N) is 1. The summed E-state index contributed by atoms with van der Waals surface area (Å²) in [7, 11) is 0. The largest absolute Gasteiger partial charge is 0.352 e. The molecule has 1 fully saturated rings. The summed E-state index contributed by atoms with van der Waals surface area (Å²) >= 11 is 0. The first-order valence-electron chi connectivity index (χ1n) is 4.90. The van der Waals surface area contributed by atoms with Gasteiger partial charge in [0.25, 0.3) is 0 Å². The van der Waals surface area contributed by atoms with Gasteiger partial charge in [0.05, 0.1) is 6.07 Å². The summed E-state index contributed by atoms with van der Waals surface area (Å²) in [6.07, 6.45) is 3.33. The number of hydrogen-bond acceptors (Lipinski definition) is 2. The second-order valence-corrected chi connectivity index (χ2v) is 3.65. The fourth-order valence-electron chi connectivity index (χ4n) is 1.33. The topological polar surface area (TPSA) is 52.9 Å². The Hall–Kier alpha value is -1.04. The van der Waals surface area contributed by atoms with Crippen LogP contribution in [0.4, 0.5) is 0 Å². The highest BCUT2D eigenvalue weighted by Gasteiger charge is 2.37. The standard InChI is InChI=1S/C10H16N2O/c1-3-10(4-2,7-11)9(13)12-8-5-6-8/h8H,3-6H2,1-2H3,(H,12,13). The fourth-order valence-corrected chi connectivity index (χ4v) is 1.33. The Morgan fingerprint density at radius 1 is 1.54 bits per heavy atom. The predicted octanol–water partition coefficient (Wildman–Crippen LogP) is 1.59. The molecule has 0 atom stereocenters. The van der Waals surface area contributed by atoms with Crippen molar-refractivity contribution < 1.29 is 4.79 Å². The van der Waals surface area contributed by atoms with Crippen LogP contribution in [0, 0.1) is 16.7 Å². The number of nitriles is 1. The van der Waals surface area contributed by atoms with Crippen molar-refractivity contribution in [2.45, 2.75) is 45.6 Å². The molecular weight excluding hydrogens is 164 g/mol. The van der Waals surface area contributed by atoms with Crippen LogP contribution in [0.3, 0.4) is 0 Å². The molecule has 0 aromatic carbocycles. The highest BCUT2D eigenvalue weighted by Crippen LogP contribution is 2.28. The Balaban J connectivity index is 2.62. The Kier molecular flexibility index (Phi) is 2.92. The zero-order valence-corrected chi connectivity index (χ0v) is 8.26. The van der Waals surface area contributed by atoms with Crippen molar-refractivity contribution in [2.24, 2.45) is 5.41 Å². The van der Waals surface area contributed by atoms with Gasteiger partial charge in [0, 0.05) is 6.04 Å². The lowest BCUT2D eigenvalue weighted by Crippen LogP contribution is -2.40. The Bertz CT molecular complexity index is 234. The van der Waals surface area contributed by atoms with Gasteiger partial charge in [-0.1, -0.05) is 13.8 Å². The molecule has 0 heterocycles. The minimum Gasteiger partial charge on any atom is -0.352 e. The molecule has 1 aliphatic carbocycles. The zero-order chi connectivity index (χ0) is 9.90. The van der Waals surface area contributed by atoms with Gasteiger partial charge in [0.1, 0.15) is 5.41 Å². The van der Waals surface area contributed by atoms with Gasteiger partial charge in [-0.3, -0.25) is 4.79 Å². The van der Waals surface area contributed by atoms with Gasteiger partial charge in [-0.05, 0) is 25.7 Å². The van der Waals surface area contributed by atoms with E-state index in [1.54, 1.807) is 0 Å². The van der Waals surface area contributed by atoms with Gasteiger partial charge >= 0.3 is 0 Å². The minimum absolute atomic E-state index is 0.0810. The molecule has 1 amide bonds. The van der Waals surface area contributed by atoms with Gasteiger partial charge in [-0.2, -0.15) is 5.26 Å². The van der Waals surface area contributed by atoms with Crippen molar-refractivity contribution in [3.8, 4) is 6.07 Å². The van der Waals surface area contributed by atoms with Crippen LogP contribution in [-0.2, 0) is 4.79 Å². The van der Waals surface area contributed by atoms with Crippen LogP contribution in [0.1, 0.15) is 39.5 Å². The molecule has 0 bridgehead atoms. The average Bonchev–Trinajstić information content (AvgIpc) is 2.92. The van der Waals surface area contributed by atoms with Crippen molar-refractivity contribution in [3.05, 3.63) is 0 Å². The Morgan fingerprint density at radius 2 is 2.08 bits per heavy atom. The minimum atomic E-state index is -0.789. The quantitative estimate of drug-likeness (QED) is 0.714. The second-order valence-electron chi connectivity index (χ2n) is 3.65. The molecule has 0 spiro atoms. The van der Waals surface area contributed by atoms with E-state index in [1.807, 2.05) is 13.8 Å². The van der Waals surface area contributed by atoms with E-state index in [9.17, 15) is 4.79 Å². The number of amides is 1. The number of hydrogen-bond donors (Lipinski definition) is 1. The van der Waals surface area contributed by atoms with Crippen LogP contribution in [0.15, 0.2) is 0 Å². The molecule has 0 radical (unpaired) electrons. The second kappa shape index (κ2) is 3.78. The number of rotatable bonds is 4. The summed E-state index contributed by atoms with van der Waals surface area (Å²) < 4.78 is 0. The first-order chi connectivity index (χ1) is 6.18. The number of carbonyl (C=O) groups is 1. The molecule has 3 nitrogen and oxygen atoms in total. The third-order valence-electron chi connectivity index (χ3n) is 2.77. The molecule has 1 N–H and O–H groups in total. The van der Waals surface area contributed by atoms with E-state index in [-0.39, 0.29) is 5.91 Å². The number of nitrogens with one attached hydrogen (secondary N) is 1. The van der Waals surface area contributed by atoms with E-state index in [4.69, 9.17) is 5.26 Å². The average molecular weight is 180 g/mol. The van der Waals surface area contributed by atoms with Crippen LogP contribution in [0.25, 0.3) is 0 Å². The lowest BCUT2D eigenvalue weighted by atomic mass is 9.83. The van der Waals surface area contributed by atoms with E-state index < -0.39 is 5.41 Å². The molecule has 72 valence electrons. The van der Waals surface area contributed by atoms with Crippen LogP contribution in [0.2, 0.25) is 0 Å². The molecule has 1 aliphatic rings. The Labute approximate surface area is 79.1 Å². The van der Waals surface area contributed by atoms with Gasteiger partial charge in [-0.25, -0.2) is 0 Å². The smallest absolute Gasteiger partial charge is 0.240 e. The molecule has 0 aliphatic heterocycles. The highest BCUT2D eigenvalue weighted by molar-refractivity contribution is 5.85. The molecule has 0 aromatic rings. The Morgan fingerprint density at radius 3 is 2.38 bits per heavy atom. The van der Waals surface area contributed by atoms with Gasteiger partial charge < -0.3 is 5.32 Å². The molecule has 0 unspecified atom stereocenters. The molecule has 0 saturated heterocycles. The summed E-state index contributed by atoms with van der Waals surface area (Å²) in [6.45, 7) is 3.78. The molecule has 3 heteroatoms. The van der Waals surface area contributed by atoms with Crippen molar-refractivity contribution >= 4 is 5.91 Å². The van der Waals surface area contributed by atoms with E-state index in [1.165, 1.54) is 0 Å². The van der Waals surface area contributed by atoms with Gasteiger partial charge in [0.15, 0.2) is 0 Å². The van der Waals surface area contributed by atoms with Gasteiger partial charge in [-0.15, -0.1) is 0 Å². The summed E-state index contributed by atoms with van der Waals surface area (Å²) in [4.78, 5) is 11.7. The summed E-state index contributed by atoms with van der Waals surface area (Å²) in [5.41, 5.74) is -0.789. The predicted molar refractivity (Wildman–Crippen MR) is 49.8 cm³/mol. The van der Waals surface area contributed by atoms with E-state index >= 15 is 0 Å². The molecule has 13 heavy (non-hydrogen) atoms. The van der Waals surface area contributed by atoms with Crippen LogP contribution in [0.5, 0.6) is 0 Å². The van der Waals surface area contributed by atoms with E-state index in [0.29, 0.717) is 18.9 Å². The summed E-state index contributed by atoms with van der Waals surface area (Å²) in [5, 5.41) is 11.9. The summed E-state index contributed by atoms with van der Waals surface area (Å²) in [6, 6.07) is 2.48. The highest BCUT2D eigenvalue weighted by atomic mass is 16.2. The van der Waals surface area contributed by atoms with Crippen molar-refractivity contribution in [2.75, 3.05) is 0 Å². The van der Waals surface area contributed by atoms with Crippen LogP contribution in [-0.4, -0.2) is 11.9 Å². The molecule has 1 rings (SSSR count). The maximum absolute atomic E-state index is 11.7. The zero-order valence-electron chi connectivity index (χ0n) is 8.26. The molecule has 1 saturated carbocycles. The first-order valence-corrected chi connectivity index (χ1v) is 4.90. The SMILES string of the molecule is CCC(C#N)(CC)C(=O)NC1CC1. The van der Waals surface area contributed by atoms with Crippen LogP contribution >= 0.6 is 0 Å². The lowest BCUT2D eigenvalue weighted by Gasteiger charge is -2.21. The maximum atomic E-state index is 11.7. The molecule has 0 aromatic heterocycles. The van der Waals surface area contributed by atoms with E-state index in [2.05, 4.69) is 11.4 Å². The van der Waals surface area contributed by atoms with E-state index in [0.717, 1.165) is 12.8 Å². The first kappa shape index (κ1) is 10.0. The third kappa shape index (κ3) is 2.00. The molecular formula is C10H16N2O. The summed E-state index contributed by atoms with van der Waals surface area (Å²) in [5.74, 6) is -0.0810. The van der Waals surface area contributed by atoms with Crippen molar-refractivity contribution in [1.82, 2.24) is 5.32 Å². The van der Waals surface area contributed by atoms with Crippen molar-refractivity contribution in [3.63, 3.8) is 0 Å². The monoisotopic (exact) mass is 180 g/mol. The number of carbonyl (C=O) groups excluding carboxylic acids is 1. The fraction of sp³-hybridized carbons (Fsp3) is 0.800. The third-order valence-corrected chi connectivity index (χ3v) is 2.77. The lowest BCUT2D eigenvalue weighted by molar-refractivity contribution is -0.128. The maximum Gasteiger partial charge on any atom is 0.240 e. The van der Waals surface area contributed by atoms with Crippen molar-refractivity contribution in [1.29, 1.82) is 5.26 Å².